The number of hydrogen-bond donors (Lipinski definition) is 1. The van der Waals surface area contributed by atoms with Gasteiger partial charge in [0.05, 0.1) is 12.2 Å². The SMILES string of the molecule is CCCCCCCCCCCC/C=C/CCCCCCCCCC1=NC=C[N+]1(CC(=O)[O-])C(C)N. The first-order chi connectivity index (χ1) is 17.0. The summed E-state index contributed by atoms with van der Waals surface area (Å²) in [4.78, 5) is 15.6. The first kappa shape index (κ1) is 31.6. The van der Waals surface area contributed by atoms with Gasteiger partial charge in [0, 0.05) is 13.3 Å². The monoisotopic (exact) mass is 489 g/mol. The zero-order valence-corrected chi connectivity index (χ0v) is 23.0. The molecule has 2 N–H and O–H groups in total. The molecular formula is C30H55N3O2. The van der Waals surface area contributed by atoms with Gasteiger partial charge in [-0.05, 0) is 32.1 Å². The highest BCUT2D eigenvalue weighted by Crippen LogP contribution is 2.23. The van der Waals surface area contributed by atoms with E-state index < -0.39 is 5.97 Å². The van der Waals surface area contributed by atoms with Gasteiger partial charge in [-0.1, -0.05) is 109 Å². The average Bonchev–Trinajstić information content (AvgIpc) is 3.23. The molecule has 0 aliphatic carbocycles. The molecular weight excluding hydrogens is 434 g/mol. The normalized spacial score (nSPS) is 18.4. The fourth-order valence-corrected chi connectivity index (χ4v) is 4.99. The summed E-state index contributed by atoms with van der Waals surface area (Å²) >= 11 is 0. The van der Waals surface area contributed by atoms with Crippen LogP contribution in [0.5, 0.6) is 0 Å². The number of carbonyl (C=O) groups is 1. The number of allylic oxidation sites excluding steroid dienone is 2. The maximum absolute atomic E-state index is 11.2. The molecule has 2 atom stereocenters. The lowest BCUT2D eigenvalue weighted by atomic mass is 10.1. The van der Waals surface area contributed by atoms with Gasteiger partial charge in [0.25, 0.3) is 0 Å². The Morgan fingerprint density at radius 1 is 0.857 bits per heavy atom. The van der Waals surface area contributed by atoms with Crippen molar-refractivity contribution in [2.45, 2.75) is 148 Å². The molecule has 1 heterocycles. The van der Waals surface area contributed by atoms with E-state index in [1.807, 2.05) is 6.92 Å². The van der Waals surface area contributed by atoms with Gasteiger partial charge < -0.3 is 9.90 Å². The molecule has 0 saturated carbocycles. The predicted molar refractivity (Wildman–Crippen MR) is 148 cm³/mol. The summed E-state index contributed by atoms with van der Waals surface area (Å²) in [6, 6.07) is 0. The smallest absolute Gasteiger partial charge is 0.209 e. The number of nitrogens with two attached hydrogens (primary N) is 1. The summed E-state index contributed by atoms with van der Waals surface area (Å²) < 4.78 is 0.106. The van der Waals surface area contributed by atoms with Gasteiger partial charge >= 0.3 is 0 Å². The third kappa shape index (κ3) is 14.6. The van der Waals surface area contributed by atoms with Crippen LogP contribution in [0, 0.1) is 0 Å². The van der Waals surface area contributed by atoms with E-state index in [4.69, 9.17) is 5.73 Å². The van der Waals surface area contributed by atoms with Crippen LogP contribution in [0.25, 0.3) is 0 Å². The van der Waals surface area contributed by atoms with Crippen LogP contribution < -0.4 is 10.8 Å². The number of carbonyl (C=O) groups excluding carboxylic acids is 1. The third-order valence-electron chi connectivity index (χ3n) is 7.32. The quantitative estimate of drug-likeness (QED) is 0.0890. The van der Waals surface area contributed by atoms with E-state index in [0.717, 1.165) is 25.1 Å². The molecule has 0 bridgehead atoms. The number of rotatable bonds is 24. The lowest BCUT2D eigenvalue weighted by Gasteiger charge is -2.36. The number of aliphatic carboxylic acids is 1. The van der Waals surface area contributed by atoms with Crippen LogP contribution in [0.1, 0.15) is 142 Å². The summed E-state index contributed by atoms with van der Waals surface area (Å²) in [5.74, 6) is -0.232. The van der Waals surface area contributed by atoms with E-state index in [9.17, 15) is 9.90 Å². The van der Waals surface area contributed by atoms with Crippen molar-refractivity contribution in [3.8, 4) is 0 Å². The second-order valence-electron chi connectivity index (χ2n) is 10.5. The Morgan fingerprint density at radius 3 is 1.77 bits per heavy atom. The van der Waals surface area contributed by atoms with Gasteiger partial charge in [0.2, 0.25) is 5.84 Å². The van der Waals surface area contributed by atoms with E-state index >= 15 is 0 Å². The number of aliphatic imine (C=N–C) groups is 1. The Morgan fingerprint density at radius 2 is 1.31 bits per heavy atom. The van der Waals surface area contributed by atoms with Crippen molar-refractivity contribution in [3.63, 3.8) is 0 Å². The molecule has 0 aromatic rings. The fourth-order valence-electron chi connectivity index (χ4n) is 4.99. The van der Waals surface area contributed by atoms with Crippen LogP contribution >= 0.6 is 0 Å². The summed E-state index contributed by atoms with van der Waals surface area (Å²) in [5, 5.41) is 11.2. The molecule has 0 spiro atoms. The Balaban J connectivity index is 1.90. The van der Waals surface area contributed by atoms with Crippen LogP contribution in [0.15, 0.2) is 29.5 Å². The summed E-state index contributed by atoms with van der Waals surface area (Å²) in [7, 11) is 0. The van der Waals surface area contributed by atoms with Gasteiger partial charge in [-0.25, -0.2) is 9.48 Å². The minimum Gasteiger partial charge on any atom is -0.544 e. The van der Waals surface area contributed by atoms with Gasteiger partial charge in [-0.15, -0.1) is 0 Å². The average molecular weight is 490 g/mol. The minimum absolute atomic E-state index is 0.106. The van der Waals surface area contributed by atoms with Crippen LogP contribution in [-0.4, -0.2) is 29.0 Å². The molecule has 1 rings (SSSR count). The number of unbranched alkanes of at least 4 members (excludes halogenated alkanes) is 17. The first-order valence-electron chi connectivity index (χ1n) is 14.8. The van der Waals surface area contributed by atoms with Gasteiger partial charge in [0.1, 0.15) is 18.9 Å². The highest BCUT2D eigenvalue weighted by molar-refractivity contribution is 5.81. The topological polar surface area (TPSA) is 78.5 Å². The molecule has 1 aliphatic rings. The number of quaternary nitrogens is 1. The highest BCUT2D eigenvalue weighted by atomic mass is 16.4. The van der Waals surface area contributed by atoms with Gasteiger partial charge in [-0.3, -0.25) is 5.73 Å². The van der Waals surface area contributed by atoms with Crippen molar-refractivity contribution in [1.29, 1.82) is 0 Å². The zero-order valence-electron chi connectivity index (χ0n) is 23.0. The first-order valence-corrected chi connectivity index (χ1v) is 14.8. The largest absolute Gasteiger partial charge is 0.544 e. The molecule has 202 valence electrons. The standard InChI is InChI=1S/C30H55N3O2/c1-3-4-5-6-7-8-9-10-11-12-13-14-15-16-17-18-19-20-21-22-23-24-29-32-25-26-33(29,28(2)31)27-30(34)35/h14-15,25-26,28H,3-13,16-24,27,31H2,1-2H3/b15-14+. The summed E-state index contributed by atoms with van der Waals surface area (Å²) in [6.45, 7) is 3.98. The van der Waals surface area contributed by atoms with Crippen molar-refractivity contribution in [2.75, 3.05) is 6.54 Å². The summed E-state index contributed by atoms with van der Waals surface area (Å²) in [6.07, 6.45) is 33.9. The predicted octanol–water partition coefficient (Wildman–Crippen LogP) is 7.12. The Hall–Kier alpha value is -1.46. The molecule has 0 fully saturated rings. The minimum atomic E-state index is -1.09. The number of nitrogens with zero attached hydrogens (tertiary/aromatic N) is 2. The van der Waals surface area contributed by atoms with Crippen LogP contribution in [0.4, 0.5) is 0 Å². The second-order valence-corrected chi connectivity index (χ2v) is 10.5. The van der Waals surface area contributed by atoms with E-state index in [2.05, 4.69) is 24.1 Å². The van der Waals surface area contributed by atoms with Crippen molar-refractivity contribution < 1.29 is 14.4 Å². The number of carboxylic acid groups (broad SMARTS) is 1. The lowest BCUT2D eigenvalue weighted by Crippen LogP contribution is -2.60. The molecule has 0 amide bonds. The molecule has 0 radical (unpaired) electrons. The van der Waals surface area contributed by atoms with Crippen molar-refractivity contribution in [3.05, 3.63) is 24.6 Å². The summed E-state index contributed by atoms with van der Waals surface area (Å²) in [5.41, 5.74) is 6.10. The molecule has 35 heavy (non-hydrogen) atoms. The number of hydrogen-bond acceptors (Lipinski definition) is 4. The molecule has 0 saturated heterocycles. The Bertz CT molecular complexity index is 627. The van der Waals surface area contributed by atoms with Crippen LogP contribution in [-0.2, 0) is 4.79 Å². The third-order valence-corrected chi connectivity index (χ3v) is 7.32. The highest BCUT2D eigenvalue weighted by Gasteiger charge is 2.38. The molecule has 5 heteroatoms. The zero-order chi connectivity index (χ0) is 25.6. The second kappa shape index (κ2) is 20.7. The number of amidine groups is 1. The van der Waals surface area contributed by atoms with Crippen molar-refractivity contribution in [1.82, 2.24) is 0 Å². The molecule has 1 aliphatic heterocycles. The maximum Gasteiger partial charge on any atom is 0.209 e. The van der Waals surface area contributed by atoms with E-state index in [-0.39, 0.29) is 17.2 Å². The molecule has 5 nitrogen and oxygen atoms in total. The van der Waals surface area contributed by atoms with Crippen LogP contribution in [0.2, 0.25) is 0 Å². The Labute approximate surface area is 216 Å². The van der Waals surface area contributed by atoms with E-state index in [1.165, 1.54) is 109 Å². The van der Waals surface area contributed by atoms with Gasteiger partial charge in [0.15, 0.2) is 0 Å². The maximum atomic E-state index is 11.2. The molecule has 0 aromatic carbocycles. The van der Waals surface area contributed by atoms with E-state index in [1.54, 1.807) is 12.4 Å². The van der Waals surface area contributed by atoms with Crippen LogP contribution in [0.3, 0.4) is 0 Å². The number of carboxylic acids is 1. The molecule has 2 unspecified atom stereocenters. The van der Waals surface area contributed by atoms with E-state index in [0.29, 0.717) is 0 Å². The lowest BCUT2D eigenvalue weighted by molar-refractivity contribution is -0.808. The fraction of sp³-hybridized carbons (Fsp3) is 0.800. The van der Waals surface area contributed by atoms with Crippen molar-refractivity contribution in [2.24, 2.45) is 10.7 Å². The molecule has 0 aromatic heterocycles. The Kier molecular flexibility index (Phi) is 18.7. The van der Waals surface area contributed by atoms with Crippen molar-refractivity contribution >= 4 is 11.8 Å². The van der Waals surface area contributed by atoms with Gasteiger partial charge in [-0.2, -0.15) is 0 Å².